The highest BCUT2D eigenvalue weighted by atomic mass is 16.3. The van der Waals surface area contributed by atoms with Crippen molar-refractivity contribution in [3.8, 4) is 0 Å². The van der Waals surface area contributed by atoms with E-state index < -0.39 is 0 Å². The zero-order valence-corrected chi connectivity index (χ0v) is 11.6. The maximum absolute atomic E-state index is 12.1. The molecule has 0 bridgehead atoms. The van der Waals surface area contributed by atoms with Crippen LogP contribution in [0.3, 0.4) is 0 Å². The Morgan fingerprint density at radius 1 is 1.39 bits per heavy atom. The van der Waals surface area contributed by atoms with Crippen molar-refractivity contribution >= 4 is 5.91 Å². The molecule has 3 nitrogen and oxygen atoms in total. The molecule has 0 aliphatic heterocycles. The Morgan fingerprint density at radius 2 is 2.06 bits per heavy atom. The maximum atomic E-state index is 12.1. The number of amides is 1. The predicted molar refractivity (Wildman–Crippen MR) is 76.3 cm³/mol. The van der Waals surface area contributed by atoms with Gasteiger partial charge in [0.15, 0.2) is 0 Å². The Hall–Kier alpha value is -1.35. The van der Waals surface area contributed by atoms with Crippen molar-refractivity contribution in [2.24, 2.45) is 0 Å². The molecule has 0 fully saturated rings. The third-order valence-electron chi connectivity index (χ3n) is 2.88. The Bertz CT molecular complexity index is 318. The maximum Gasteiger partial charge on any atom is 0.226 e. The summed E-state index contributed by atoms with van der Waals surface area (Å²) in [6, 6.07) is 0. The number of aliphatic hydroxyl groups excluding tert-OH is 1. The SMILES string of the molecule is C=C/C=C(\CC)CC(=O)N(CC)CCC(=C)CO. The molecule has 0 saturated heterocycles. The van der Waals surface area contributed by atoms with Gasteiger partial charge in [-0.05, 0) is 19.8 Å². The molecule has 0 aromatic carbocycles. The van der Waals surface area contributed by atoms with Gasteiger partial charge >= 0.3 is 0 Å². The van der Waals surface area contributed by atoms with Crippen molar-refractivity contribution in [1.82, 2.24) is 4.90 Å². The van der Waals surface area contributed by atoms with Crippen molar-refractivity contribution in [3.63, 3.8) is 0 Å². The van der Waals surface area contributed by atoms with E-state index in [0.29, 0.717) is 25.9 Å². The summed E-state index contributed by atoms with van der Waals surface area (Å²) < 4.78 is 0. The summed E-state index contributed by atoms with van der Waals surface area (Å²) in [6.07, 6.45) is 5.58. The Balaban J connectivity index is 4.38. The second-order valence-electron chi connectivity index (χ2n) is 4.22. The van der Waals surface area contributed by atoms with Crippen LogP contribution in [0.4, 0.5) is 0 Å². The first-order valence-electron chi connectivity index (χ1n) is 6.44. The van der Waals surface area contributed by atoms with Crippen LogP contribution in [0.2, 0.25) is 0 Å². The van der Waals surface area contributed by atoms with Gasteiger partial charge in [0, 0.05) is 19.5 Å². The van der Waals surface area contributed by atoms with Gasteiger partial charge in [0.2, 0.25) is 5.91 Å². The van der Waals surface area contributed by atoms with Crippen LogP contribution >= 0.6 is 0 Å². The van der Waals surface area contributed by atoms with Crippen LogP contribution in [0.5, 0.6) is 0 Å². The quantitative estimate of drug-likeness (QED) is 0.505. The number of hydrogen-bond donors (Lipinski definition) is 1. The van der Waals surface area contributed by atoms with Gasteiger partial charge in [0.05, 0.1) is 6.61 Å². The van der Waals surface area contributed by atoms with Crippen LogP contribution in [0, 0.1) is 0 Å². The molecule has 0 heterocycles. The first-order valence-corrected chi connectivity index (χ1v) is 6.44. The van der Waals surface area contributed by atoms with Gasteiger partial charge in [0.1, 0.15) is 0 Å². The number of rotatable bonds is 9. The van der Waals surface area contributed by atoms with Gasteiger partial charge in [-0.25, -0.2) is 0 Å². The summed E-state index contributed by atoms with van der Waals surface area (Å²) in [6.45, 7) is 12.7. The Labute approximate surface area is 110 Å². The normalized spacial score (nSPS) is 11.2. The molecule has 3 heteroatoms. The highest BCUT2D eigenvalue weighted by Crippen LogP contribution is 2.10. The lowest BCUT2D eigenvalue weighted by atomic mass is 10.1. The van der Waals surface area contributed by atoms with E-state index in [1.54, 1.807) is 11.0 Å². The molecule has 0 aliphatic carbocycles. The van der Waals surface area contributed by atoms with E-state index in [9.17, 15) is 4.79 Å². The summed E-state index contributed by atoms with van der Waals surface area (Å²) in [7, 11) is 0. The third kappa shape index (κ3) is 6.40. The van der Waals surface area contributed by atoms with Gasteiger partial charge in [-0.15, -0.1) is 0 Å². The average Bonchev–Trinajstić information content (AvgIpc) is 2.38. The van der Waals surface area contributed by atoms with Gasteiger partial charge in [-0.2, -0.15) is 0 Å². The summed E-state index contributed by atoms with van der Waals surface area (Å²) in [5.74, 6) is 0.123. The minimum Gasteiger partial charge on any atom is -0.392 e. The zero-order chi connectivity index (χ0) is 14.0. The number of carbonyl (C=O) groups is 1. The van der Waals surface area contributed by atoms with Crippen LogP contribution in [0.1, 0.15) is 33.1 Å². The Morgan fingerprint density at radius 3 is 2.50 bits per heavy atom. The summed E-state index contributed by atoms with van der Waals surface area (Å²) in [4.78, 5) is 13.9. The molecule has 0 aromatic rings. The van der Waals surface area contributed by atoms with E-state index in [-0.39, 0.29) is 12.5 Å². The van der Waals surface area contributed by atoms with Crippen LogP contribution in [-0.4, -0.2) is 35.6 Å². The summed E-state index contributed by atoms with van der Waals surface area (Å²) in [5.41, 5.74) is 1.85. The van der Waals surface area contributed by atoms with E-state index in [2.05, 4.69) is 13.2 Å². The van der Waals surface area contributed by atoms with E-state index in [1.807, 2.05) is 19.9 Å². The van der Waals surface area contributed by atoms with E-state index in [1.165, 1.54) is 0 Å². The first kappa shape index (κ1) is 16.6. The largest absolute Gasteiger partial charge is 0.392 e. The minimum atomic E-state index is -0.0116. The van der Waals surface area contributed by atoms with Crippen molar-refractivity contribution in [3.05, 3.63) is 36.5 Å². The molecule has 0 radical (unpaired) electrons. The molecule has 0 atom stereocenters. The number of nitrogens with zero attached hydrogens (tertiary/aromatic N) is 1. The fourth-order valence-electron chi connectivity index (χ4n) is 1.61. The molecule has 0 aliphatic rings. The Kier molecular flexibility index (Phi) is 8.93. The number of hydrogen-bond acceptors (Lipinski definition) is 2. The molecular weight excluding hydrogens is 226 g/mol. The van der Waals surface area contributed by atoms with Gasteiger partial charge in [0.25, 0.3) is 0 Å². The molecule has 1 N–H and O–H groups in total. The van der Waals surface area contributed by atoms with Gasteiger partial charge in [-0.1, -0.05) is 43.4 Å². The fraction of sp³-hybridized carbons (Fsp3) is 0.533. The van der Waals surface area contributed by atoms with E-state index in [4.69, 9.17) is 5.11 Å². The second kappa shape index (κ2) is 9.66. The van der Waals surface area contributed by atoms with Crippen molar-refractivity contribution in [2.45, 2.75) is 33.1 Å². The lowest BCUT2D eigenvalue weighted by Gasteiger charge is -2.21. The fourth-order valence-corrected chi connectivity index (χ4v) is 1.61. The molecule has 0 aromatic heterocycles. The van der Waals surface area contributed by atoms with E-state index in [0.717, 1.165) is 17.6 Å². The highest BCUT2D eigenvalue weighted by molar-refractivity contribution is 5.78. The van der Waals surface area contributed by atoms with Crippen molar-refractivity contribution in [2.75, 3.05) is 19.7 Å². The number of allylic oxidation sites excluding steroid dienone is 2. The summed E-state index contributed by atoms with van der Waals surface area (Å²) in [5, 5.41) is 8.89. The molecule has 1 amide bonds. The third-order valence-corrected chi connectivity index (χ3v) is 2.88. The molecule has 0 rings (SSSR count). The number of aliphatic hydroxyl groups is 1. The second-order valence-corrected chi connectivity index (χ2v) is 4.22. The predicted octanol–water partition coefficient (Wildman–Crippen LogP) is 2.69. The standard InChI is InChI=1S/C15H25NO2/c1-5-8-14(6-2)11-15(18)16(7-3)10-9-13(4)12-17/h5,8,17H,1,4,6-7,9-12H2,2-3H3/b14-8+. The smallest absolute Gasteiger partial charge is 0.226 e. The van der Waals surface area contributed by atoms with Crippen LogP contribution in [0.15, 0.2) is 36.5 Å². The molecule has 0 saturated carbocycles. The minimum absolute atomic E-state index is 0.0116. The molecule has 0 spiro atoms. The zero-order valence-electron chi connectivity index (χ0n) is 11.6. The van der Waals surface area contributed by atoms with Crippen LogP contribution in [-0.2, 0) is 4.79 Å². The average molecular weight is 251 g/mol. The molecular formula is C15H25NO2. The lowest BCUT2D eigenvalue weighted by Crippen LogP contribution is -2.32. The van der Waals surface area contributed by atoms with E-state index >= 15 is 0 Å². The van der Waals surface area contributed by atoms with Crippen molar-refractivity contribution < 1.29 is 9.90 Å². The van der Waals surface area contributed by atoms with Crippen LogP contribution in [0.25, 0.3) is 0 Å². The van der Waals surface area contributed by atoms with Crippen LogP contribution < -0.4 is 0 Å². The lowest BCUT2D eigenvalue weighted by molar-refractivity contribution is -0.130. The molecule has 18 heavy (non-hydrogen) atoms. The number of carbonyl (C=O) groups excluding carboxylic acids is 1. The molecule has 102 valence electrons. The monoisotopic (exact) mass is 251 g/mol. The first-order chi connectivity index (χ1) is 8.58. The van der Waals surface area contributed by atoms with Gasteiger partial charge < -0.3 is 10.0 Å². The molecule has 0 unspecified atom stereocenters. The topological polar surface area (TPSA) is 40.5 Å². The van der Waals surface area contributed by atoms with Gasteiger partial charge in [-0.3, -0.25) is 4.79 Å². The van der Waals surface area contributed by atoms with Crippen molar-refractivity contribution in [1.29, 1.82) is 0 Å². The highest BCUT2D eigenvalue weighted by Gasteiger charge is 2.12. The summed E-state index contributed by atoms with van der Waals surface area (Å²) >= 11 is 0.